The van der Waals surface area contributed by atoms with Gasteiger partial charge in [-0.15, -0.1) is 0 Å². The van der Waals surface area contributed by atoms with Crippen LogP contribution in [0.2, 0.25) is 5.15 Å². The average molecular weight is 343 g/mol. The highest BCUT2D eigenvalue weighted by Crippen LogP contribution is 2.31. The van der Waals surface area contributed by atoms with Crippen LogP contribution >= 0.6 is 22.9 Å². The van der Waals surface area contributed by atoms with E-state index in [0.29, 0.717) is 15.9 Å². The molecule has 2 heterocycles. The van der Waals surface area contributed by atoms with Crippen molar-refractivity contribution in [2.45, 2.75) is 0 Å². The fourth-order valence-corrected chi connectivity index (χ4v) is 2.73. The molecule has 0 amide bonds. The van der Waals surface area contributed by atoms with Crippen LogP contribution in [0.3, 0.4) is 0 Å². The maximum Gasteiger partial charge on any atom is 0.336 e. The number of halogens is 1. The minimum Gasteiger partial charge on any atom is -0.412 e. The topological polar surface area (TPSA) is 52.1 Å². The lowest BCUT2D eigenvalue weighted by Gasteiger charge is -1.97. The van der Waals surface area contributed by atoms with Gasteiger partial charge in [0.2, 0.25) is 0 Å². The summed E-state index contributed by atoms with van der Waals surface area (Å²) in [6, 6.07) is 13.1. The third-order valence-corrected chi connectivity index (χ3v) is 4.05. The van der Waals surface area contributed by atoms with Gasteiger partial charge < -0.3 is 4.74 Å². The lowest BCUT2D eigenvalue weighted by atomic mass is 10.2. The van der Waals surface area contributed by atoms with Crippen molar-refractivity contribution in [3.05, 3.63) is 71.7 Å². The van der Waals surface area contributed by atoms with Crippen molar-refractivity contribution in [2.75, 3.05) is 0 Å². The molecule has 4 nitrogen and oxygen atoms in total. The van der Waals surface area contributed by atoms with Gasteiger partial charge in [0.15, 0.2) is 5.06 Å². The number of esters is 1. The summed E-state index contributed by atoms with van der Waals surface area (Å²) >= 11 is 7.03. The Bertz CT molecular complexity index is 829. The van der Waals surface area contributed by atoms with Crippen molar-refractivity contribution in [1.82, 2.24) is 9.97 Å². The fourth-order valence-electron chi connectivity index (χ4n) is 1.81. The quantitative estimate of drug-likeness (QED) is 0.518. The van der Waals surface area contributed by atoms with E-state index in [-0.39, 0.29) is 0 Å². The smallest absolute Gasteiger partial charge is 0.336 e. The first-order valence-electron chi connectivity index (χ1n) is 6.73. The van der Waals surface area contributed by atoms with Crippen molar-refractivity contribution in [3.63, 3.8) is 0 Å². The predicted molar refractivity (Wildman–Crippen MR) is 91.5 cm³/mol. The Morgan fingerprint density at radius 3 is 2.65 bits per heavy atom. The van der Waals surface area contributed by atoms with Crippen LogP contribution in [0.25, 0.3) is 16.6 Å². The van der Waals surface area contributed by atoms with Gasteiger partial charge in [-0.05, 0) is 23.8 Å². The van der Waals surface area contributed by atoms with Crippen LogP contribution in [0.15, 0.2) is 60.9 Å². The van der Waals surface area contributed by atoms with Crippen molar-refractivity contribution in [2.24, 2.45) is 0 Å². The van der Waals surface area contributed by atoms with Crippen LogP contribution in [0.5, 0.6) is 5.06 Å². The number of ether oxygens (including phenoxy) is 1. The first kappa shape index (κ1) is 15.4. The third kappa shape index (κ3) is 4.25. The maximum atomic E-state index is 11.8. The normalized spacial score (nSPS) is 10.8. The number of carbonyl (C=O) groups is 1. The maximum absolute atomic E-state index is 11.8. The Hall–Kier alpha value is -2.50. The van der Waals surface area contributed by atoms with Gasteiger partial charge in [0.05, 0.1) is 23.0 Å². The molecule has 0 aliphatic carbocycles. The summed E-state index contributed by atoms with van der Waals surface area (Å²) in [4.78, 5) is 20.8. The lowest BCUT2D eigenvalue weighted by molar-refractivity contribution is -0.128. The molecule has 0 radical (unpaired) electrons. The second-order valence-corrected chi connectivity index (χ2v) is 5.94. The number of rotatable bonds is 4. The largest absolute Gasteiger partial charge is 0.412 e. The molecule has 6 heteroatoms. The molecule has 3 aromatic rings. The Kier molecular flexibility index (Phi) is 4.80. The van der Waals surface area contributed by atoms with Crippen LogP contribution in [0.1, 0.15) is 5.56 Å². The minimum absolute atomic E-state index is 0.336. The van der Waals surface area contributed by atoms with Gasteiger partial charge in [0, 0.05) is 6.08 Å². The molecular formula is C17H11ClN2O2S. The molecule has 23 heavy (non-hydrogen) atoms. The number of hydrogen-bond donors (Lipinski definition) is 0. The summed E-state index contributed by atoms with van der Waals surface area (Å²) in [6.45, 7) is 0. The third-order valence-electron chi connectivity index (χ3n) is 2.87. The fraction of sp³-hybridized carbons (Fsp3) is 0. The number of nitrogens with zero attached hydrogens (tertiary/aromatic N) is 2. The first-order valence-corrected chi connectivity index (χ1v) is 7.93. The molecule has 0 saturated heterocycles. The minimum atomic E-state index is -0.426. The molecule has 0 bridgehead atoms. The molecular weight excluding hydrogens is 332 g/mol. The van der Waals surface area contributed by atoms with Crippen molar-refractivity contribution >= 4 is 35.0 Å². The van der Waals surface area contributed by atoms with Crippen molar-refractivity contribution in [3.8, 4) is 15.6 Å². The number of benzene rings is 1. The second kappa shape index (κ2) is 7.17. The second-order valence-electron chi connectivity index (χ2n) is 4.51. The van der Waals surface area contributed by atoms with Crippen molar-refractivity contribution in [1.29, 1.82) is 0 Å². The zero-order valence-corrected chi connectivity index (χ0v) is 13.4. The van der Waals surface area contributed by atoms with Gasteiger partial charge in [-0.3, -0.25) is 4.98 Å². The van der Waals surface area contributed by atoms with E-state index in [2.05, 4.69) is 9.97 Å². The van der Waals surface area contributed by atoms with Crippen molar-refractivity contribution < 1.29 is 9.53 Å². The molecule has 0 unspecified atom stereocenters. The van der Waals surface area contributed by atoms with Gasteiger partial charge in [-0.2, -0.15) is 0 Å². The van der Waals surface area contributed by atoms with Gasteiger partial charge in [0.1, 0.15) is 5.15 Å². The van der Waals surface area contributed by atoms with E-state index >= 15 is 0 Å². The highest BCUT2D eigenvalue weighted by molar-refractivity contribution is 7.17. The Balaban J connectivity index is 1.66. The highest BCUT2D eigenvalue weighted by Gasteiger charge is 2.08. The standard InChI is InChI=1S/C17H11ClN2O2S/c18-15-11-19-13(10-20-15)14-7-9-17(23-14)22-16(21)8-6-12-4-2-1-3-5-12/h1-11H. The molecule has 0 saturated carbocycles. The lowest BCUT2D eigenvalue weighted by Crippen LogP contribution is -2.01. The van der Waals surface area contributed by atoms with E-state index in [1.165, 1.54) is 23.6 Å². The Morgan fingerprint density at radius 2 is 1.91 bits per heavy atom. The van der Waals surface area contributed by atoms with Crippen LogP contribution < -0.4 is 4.74 Å². The number of carbonyl (C=O) groups excluding carboxylic acids is 1. The highest BCUT2D eigenvalue weighted by atomic mass is 35.5. The molecule has 0 aliphatic rings. The van der Waals surface area contributed by atoms with E-state index in [1.807, 2.05) is 36.4 Å². The molecule has 114 valence electrons. The zero-order valence-electron chi connectivity index (χ0n) is 11.8. The predicted octanol–water partition coefficient (Wildman–Crippen LogP) is 4.48. The summed E-state index contributed by atoms with van der Waals surface area (Å²) in [5.41, 5.74) is 1.62. The molecule has 2 aromatic heterocycles. The van der Waals surface area contributed by atoms with E-state index in [4.69, 9.17) is 16.3 Å². The number of aromatic nitrogens is 2. The van der Waals surface area contributed by atoms with Crippen LogP contribution in [-0.2, 0) is 4.79 Å². The molecule has 3 rings (SSSR count). The molecule has 0 N–H and O–H groups in total. The SMILES string of the molecule is O=C(C=Cc1ccccc1)Oc1ccc(-c2cnc(Cl)cn2)s1. The monoisotopic (exact) mass is 342 g/mol. The number of thiophene rings is 1. The van der Waals surface area contributed by atoms with Crippen LogP contribution in [0.4, 0.5) is 0 Å². The Labute approximate surface area is 142 Å². The molecule has 0 spiro atoms. The Morgan fingerprint density at radius 1 is 1.09 bits per heavy atom. The number of hydrogen-bond acceptors (Lipinski definition) is 5. The summed E-state index contributed by atoms with van der Waals surface area (Å²) < 4.78 is 5.28. The summed E-state index contributed by atoms with van der Waals surface area (Å²) in [7, 11) is 0. The summed E-state index contributed by atoms with van der Waals surface area (Å²) in [6.07, 6.45) is 6.16. The van der Waals surface area contributed by atoms with Crippen LogP contribution in [0, 0.1) is 0 Å². The molecule has 0 fully saturated rings. The average Bonchev–Trinajstić information content (AvgIpc) is 3.03. The van der Waals surface area contributed by atoms with Crippen LogP contribution in [-0.4, -0.2) is 15.9 Å². The first-order chi connectivity index (χ1) is 11.2. The molecule has 0 atom stereocenters. The van der Waals surface area contributed by atoms with Gasteiger partial charge in [-0.25, -0.2) is 9.78 Å². The molecule has 0 aliphatic heterocycles. The van der Waals surface area contributed by atoms with Gasteiger partial charge >= 0.3 is 5.97 Å². The van der Waals surface area contributed by atoms with E-state index in [0.717, 1.165) is 10.4 Å². The van der Waals surface area contributed by atoms with Gasteiger partial charge in [0.25, 0.3) is 0 Å². The summed E-state index contributed by atoms with van der Waals surface area (Å²) in [5.74, 6) is -0.426. The molecule has 1 aromatic carbocycles. The zero-order chi connectivity index (χ0) is 16.1. The van der Waals surface area contributed by atoms with E-state index in [1.54, 1.807) is 18.3 Å². The summed E-state index contributed by atoms with van der Waals surface area (Å²) in [5, 5.41) is 0.836. The van der Waals surface area contributed by atoms with Gasteiger partial charge in [-0.1, -0.05) is 53.3 Å². The van der Waals surface area contributed by atoms with E-state index < -0.39 is 5.97 Å². The van der Waals surface area contributed by atoms with E-state index in [9.17, 15) is 4.79 Å².